The normalized spacial score (nSPS) is 14.7. The summed E-state index contributed by atoms with van der Waals surface area (Å²) in [6.07, 6.45) is 3.97. The van der Waals surface area contributed by atoms with Crippen molar-refractivity contribution in [2.45, 2.75) is 40.0 Å². The second-order valence-corrected chi connectivity index (χ2v) is 8.49. The number of hydrogen-bond donors (Lipinski definition) is 0. The van der Waals surface area contributed by atoms with Gasteiger partial charge in [-0.25, -0.2) is 4.79 Å². The van der Waals surface area contributed by atoms with E-state index in [-0.39, 0.29) is 35.0 Å². The molecule has 0 atom stereocenters. The molecule has 0 amide bonds. The highest BCUT2D eigenvalue weighted by molar-refractivity contribution is 6.05. The van der Waals surface area contributed by atoms with Crippen LogP contribution >= 0.6 is 0 Å². The summed E-state index contributed by atoms with van der Waals surface area (Å²) in [4.78, 5) is 15.0. The molecule has 3 aromatic rings. The molecule has 32 heavy (non-hydrogen) atoms. The summed E-state index contributed by atoms with van der Waals surface area (Å²) < 4.78 is 8.02. The molecule has 0 radical (unpaired) electrons. The van der Waals surface area contributed by atoms with E-state index in [0.717, 1.165) is 30.7 Å². The minimum absolute atomic E-state index is 0. The molecule has 2 aromatic carbocycles. The molecule has 4 rings (SSSR count). The molecule has 0 unspecified atom stereocenters. The summed E-state index contributed by atoms with van der Waals surface area (Å²) in [6, 6.07) is 16.5. The van der Waals surface area contributed by atoms with Crippen LogP contribution in [0, 0.1) is 0 Å². The Morgan fingerprint density at radius 2 is 1.72 bits per heavy atom. The molecule has 1 aliphatic rings. The molecule has 0 saturated carbocycles. The number of allylic oxidation sites excluding steroid dienone is 1. The zero-order valence-corrected chi connectivity index (χ0v) is 21.6. The van der Waals surface area contributed by atoms with E-state index in [2.05, 4.69) is 80.5 Å². The predicted octanol–water partition coefficient (Wildman–Crippen LogP) is 2.75. The van der Waals surface area contributed by atoms with Gasteiger partial charge in [-0.05, 0) is 58.9 Å². The Labute approximate surface area is 207 Å². The number of rotatable bonds is 6. The summed E-state index contributed by atoms with van der Waals surface area (Å²) >= 11 is 0. The van der Waals surface area contributed by atoms with Crippen LogP contribution in [0.3, 0.4) is 0 Å². The van der Waals surface area contributed by atoms with E-state index in [1.807, 2.05) is 24.3 Å². The maximum atomic E-state index is 12.7. The third kappa shape index (κ3) is 4.15. The first-order valence-electron chi connectivity index (χ1n) is 11.2. The predicted molar refractivity (Wildman–Crippen MR) is 130 cm³/mol. The Balaban J connectivity index is 0.00000289. The number of anilines is 1. The van der Waals surface area contributed by atoms with Gasteiger partial charge in [0.05, 0.1) is 11.0 Å². The summed E-state index contributed by atoms with van der Waals surface area (Å²) in [5.74, 6) is 0. The molecule has 0 bridgehead atoms. The topological polar surface area (TPSA) is 36.5 Å². The zero-order chi connectivity index (χ0) is 22.2. The van der Waals surface area contributed by atoms with E-state index in [0.29, 0.717) is 11.1 Å². The maximum absolute atomic E-state index is 12.7. The highest BCUT2D eigenvalue weighted by Crippen LogP contribution is 2.39. The molecule has 1 aromatic heterocycles. The fourth-order valence-electron chi connectivity index (χ4n) is 4.67. The van der Waals surface area contributed by atoms with Crippen molar-refractivity contribution in [3.63, 3.8) is 0 Å². The average molecular weight is 542 g/mol. The van der Waals surface area contributed by atoms with E-state index in [1.165, 1.54) is 17.0 Å². The van der Waals surface area contributed by atoms with E-state index in [9.17, 15) is 4.79 Å². The second-order valence-electron chi connectivity index (χ2n) is 8.49. The standard InChI is InChI=1S/C27H31N2O2.HI/c1-6-28(7-2)21-15-13-19-17-20(26(30)31-24(19)18-21)14-16-25-27(4,5)22-11-9-10-12-23(22)29(25)8-3;/h9-18H,6-8H2,1-5H3;1H/q+1;/p-1. The summed E-state index contributed by atoms with van der Waals surface area (Å²) in [6.45, 7) is 13.6. The molecular formula is C27H31IN2O2. The lowest BCUT2D eigenvalue weighted by atomic mass is 9.81. The van der Waals surface area contributed by atoms with Crippen LogP contribution in [-0.4, -0.2) is 29.9 Å². The number of fused-ring (bicyclic) bond motifs is 2. The van der Waals surface area contributed by atoms with E-state index < -0.39 is 0 Å². The SMILES string of the molecule is CCN(CC)c1ccc2cc(/C=C/C3=[N+](CC)c4ccccc4C3(C)C)c(=O)oc2c1.[I-]. The van der Waals surface area contributed by atoms with Gasteiger partial charge in [0.25, 0.3) is 0 Å². The molecule has 0 N–H and O–H groups in total. The number of hydrogen-bond acceptors (Lipinski definition) is 3. The fourth-order valence-corrected chi connectivity index (χ4v) is 4.67. The van der Waals surface area contributed by atoms with Crippen molar-refractivity contribution in [3.8, 4) is 0 Å². The van der Waals surface area contributed by atoms with Crippen molar-refractivity contribution >= 4 is 34.1 Å². The minimum atomic E-state index is -0.308. The van der Waals surface area contributed by atoms with E-state index >= 15 is 0 Å². The monoisotopic (exact) mass is 542 g/mol. The second kappa shape index (κ2) is 9.61. The van der Waals surface area contributed by atoms with Crippen molar-refractivity contribution < 1.29 is 33.0 Å². The Hall–Kier alpha value is -2.41. The Morgan fingerprint density at radius 3 is 2.41 bits per heavy atom. The number of nitrogens with zero attached hydrogens (tertiary/aromatic N) is 2. The average Bonchev–Trinajstić information content (AvgIpc) is 2.99. The van der Waals surface area contributed by atoms with Crippen LogP contribution in [0.2, 0.25) is 0 Å². The molecule has 168 valence electrons. The smallest absolute Gasteiger partial charge is 0.343 e. The fraction of sp³-hybridized carbons (Fsp3) is 0.333. The van der Waals surface area contributed by atoms with Gasteiger partial charge < -0.3 is 33.3 Å². The molecule has 0 spiro atoms. The van der Waals surface area contributed by atoms with Crippen molar-refractivity contribution in [2.24, 2.45) is 0 Å². The van der Waals surface area contributed by atoms with Crippen molar-refractivity contribution in [1.82, 2.24) is 0 Å². The van der Waals surface area contributed by atoms with Gasteiger partial charge in [-0.1, -0.05) is 18.2 Å². The first kappa shape index (κ1) is 24.2. The third-order valence-electron chi connectivity index (χ3n) is 6.41. The lowest BCUT2D eigenvalue weighted by Crippen LogP contribution is -3.00. The van der Waals surface area contributed by atoms with Crippen LogP contribution < -0.4 is 34.5 Å². The van der Waals surface area contributed by atoms with Crippen LogP contribution in [-0.2, 0) is 5.41 Å². The first-order valence-corrected chi connectivity index (χ1v) is 11.2. The van der Waals surface area contributed by atoms with Gasteiger partial charge in [0.2, 0.25) is 5.69 Å². The zero-order valence-electron chi connectivity index (χ0n) is 19.5. The number of benzene rings is 2. The molecule has 1 aliphatic heterocycles. The highest BCUT2D eigenvalue weighted by atomic mass is 127. The molecule has 0 fully saturated rings. The summed E-state index contributed by atoms with van der Waals surface area (Å²) in [5, 5.41) is 0.932. The summed E-state index contributed by atoms with van der Waals surface area (Å²) in [5.41, 5.74) is 5.57. The van der Waals surface area contributed by atoms with Gasteiger partial charge in [-0.2, -0.15) is 4.58 Å². The molecule has 2 heterocycles. The molecule has 0 saturated heterocycles. The maximum Gasteiger partial charge on any atom is 0.343 e. The van der Waals surface area contributed by atoms with Gasteiger partial charge in [0.1, 0.15) is 12.1 Å². The van der Waals surface area contributed by atoms with Crippen molar-refractivity contribution in [1.29, 1.82) is 0 Å². The number of halogens is 1. The molecule has 5 heteroatoms. The Morgan fingerprint density at radius 1 is 1.00 bits per heavy atom. The summed E-state index contributed by atoms with van der Waals surface area (Å²) in [7, 11) is 0. The highest BCUT2D eigenvalue weighted by Gasteiger charge is 2.43. The third-order valence-corrected chi connectivity index (χ3v) is 6.41. The quantitative estimate of drug-likeness (QED) is 0.273. The van der Waals surface area contributed by atoms with Crippen LogP contribution in [0.1, 0.15) is 45.7 Å². The molecule has 0 aliphatic carbocycles. The lowest BCUT2D eigenvalue weighted by Gasteiger charge is -2.20. The van der Waals surface area contributed by atoms with Crippen LogP contribution in [0.15, 0.2) is 63.8 Å². The molecular weight excluding hydrogens is 511 g/mol. The first-order chi connectivity index (χ1) is 14.9. The van der Waals surface area contributed by atoms with E-state index in [1.54, 1.807) is 0 Å². The van der Waals surface area contributed by atoms with Crippen LogP contribution in [0.5, 0.6) is 0 Å². The van der Waals surface area contributed by atoms with Gasteiger partial charge in [0, 0.05) is 47.9 Å². The largest absolute Gasteiger partial charge is 1.00 e. The Bertz CT molecular complexity index is 1250. The minimum Gasteiger partial charge on any atom is -1.00 e. The van der Waals surface area contributed by atoms with E-state index in [4.69, 9.17) is 4.42 Å². The molecule has 4 nitrogen and oxygen atoms in total. The van der Waals surface area contributed by atoms with Crippen LogP contribution in [0.4, 0.5) is 11.4 Å². The Kier molecular flexibility index (Phi) is 7.28. The van der Waals surface area contributed by atoms with Crippen molar-refractivity contribution in [3.05, 3.63) is 76.2 Å². The number of para-hydroxylation sites is 1. The van der Waals surface area contributed by atoms with Gasteiger partial charge in [0.15, 0.2) is 5.71 Å². The van der Waals surface area contributed by atoms with Crippen LogP contribution in [0.25, 0.3) is 17.0 Å². The lowest BCUT2D eigenvalue weighted by molar-refractivity contribution is -0.433. The van der Waals surface area contributed by atoms with Gasteiger partial charge >= 0.3 is 5.63 Å². The van der Waals surface area contributed by atoms with Gasteiger partial charge in [-0.3, -0.25) is 0 Å². The van der Waals surface area contributed by atoms with Gasteiger partial charge in [-0.15, -0.1) is 0 Å². The van der Waals surface area contributed by atoms with Crippen molar-refractivity contribution in [2.75, 3.05) is 24.5 Å².